The number of H-pyrrole nitrogens is 1. The van der Waals surface area contributed by atoms with Gasteiger partial charge in [-0.05, 0) is 37.6 Å². The summed E-state index contributed by atoms with van der Waals surface area (Å²) in [4.78, 5) is 33.0. The van der Waals surface area contributed by atoms with Crippen molar-refractivity contribution in [3.63, 3.8) is 0 Å². The molecule has 0 aliphatic carbocycles. The number of ether oxygens (including phenoxy) is 3. The number of aromatic nitrogens is 2. The molecule has 148 valence electrons. The van der Waals surface area contributed by atoms with Crippen molar-refractivity contribution < 1.29 is 27.8 Å². The topological polar surface area (TPSA) is 90.5 Å². The molecule has 1 N–H and O–H groups in total. The number of benzene rings is 1. The number of carbonyl (C=O) groups excluding carboxylic acids is 1. The summed E-state index contributed by atoms with van der Waals surface area (Å²) >= 11 is 1.39. The maximum absolute atomic E-state index is 12.4. The lowest BCUT2D eigenvalue weighted by atomic mass is 10.2. The van der Waals surface area contributed by atoms with Crippen LogP contribution in [0.25, 0.3) is 10.2 Å². The van der Waals surface area contributed by atoms with E-state index >= 15 is 0 Å². The molecule has 7 nitrogen and oxygen atoms in total. The zero-order chi connectivity index (χ0) is 20.4. The van der Waals surface area contributed by atoms with Gasteiger partial charge in [0.2, 0.25) is 0 Å². The van der Waals surface area contributed by atoms with Crippen LogP contribution >= 0.6 is 11.3 Å². The first-order chi connectivity index (χ1) is 13.3. The number of halogens is 2. The van der Waals surface area contributed by atoms with Gasteiger partial charge in [-0.2, -0.15) is 8.78 Å². The van der Waals surface area contributed by atoms with Gasteiger partial charge in [0.25, 0.3) is 5.56 Å². The summed E-state index contributed by atoms with van der Waals surface area (Å²) in [6.07, 6.45) is 0. The first kappa shape index (κ1) is 19.7. The predicted octanol–water partition coefficient (Wildman–Crippen LogP) is 3.57. The SMILES string of the molecule is COc1cc(C(=O)OCc2nc3sc(C)c(C)c3c(=O)[nH]2)ccc1OC(F)F. The maximum atomic E-state index is 12.4. The van der Waals surface area contributed by atoms with Crippen molar-refractivity contribution in [2.45, 2.75) is 27.1 Å². The summed E-state index contributed by atoms with van der Waals surface area (Å²) in [7, 11) is 1.26. The van der Waals surface area contributed by atoms with Crippen LogP contribution in [0.5, 0.6) is 11.5 Å². The Morgan fingerprint density at radius 2 is 2.04 bits per heavy atom. The molecule has 0 spiro atoms. The van der Waals surface area contributed by atoms with E-state index in [1.807, 2.05) is 13.8 Å². The minimum atomic E-state index is -3.02. The van der Waals surface area contributed by atoms with Crippen LogP contribution in [0.2, 0.25) is 0 Å². The largest absolute Gasteiger partial charge is 0.493 e. The molecular formula is C18H16F2N2O5S. The quantitative estimate of drug-likeness (QED) is 0.625. The number of esters is 1. The molecule has 28 heavy (non-hydrogen) atoms. The highest BCUT2D eigenvalue weighted by Gasteiger charge is 2.16. The van der Waals surface area contributed by atoms with E-state index in [-0.39, 0.29) is 35.1 Å². The van der Waals surface area contributed by atoms with Crippen molar-refractivity contribution in [2.75, 3.05) is 7.11 Å². The fourth-order valence-corrected chi connectivity index (χ4v) is 3.62. The Hall–Kier alpha value is -3.01. The second kappa shape index (κ2) is 7.93. The lowest BCUT2D eigenvalue weighted by Crippen LogP contribution is -2.14. The average molecular weight is 410 g/mol. The lowest BCUT2D eigenvalue weighted by molar-refractivity contribution is -0.0512. The third kappa shape index (κ3) is 3.96. The lowest BCUT2D eigenvalue weighted by Gasteiger charge is -2.11. The van der Waals surface area contributed by atoms with E-state index in [0.29, 0.717) is 10.2 Å². The first-order valence-corrected chi connectivity index (χ1v) is 8.90. The Morgan fingerprint density at radius 1 is 1.29 bits per heavy atom. The number of methoxy groups -OCH3 is 1. The Morgan fingerprint density at radius 3 is 2.71 bits per heavy atom. The number of nitrogens with zero attached hydrogens (tertiary/aromatic N) is 1. The molecular weight excluding hydrogens is 394 g/mol. The highest BCUT2D eigenvalue weighted by Crippen LogP contribution is 2.30. The zero-order valence-corrected chi connectivity index (χ0v) is 16.0. The molecule has 3 aromatic rings. The second-order valence-electron chi connectivity index (χ2n) is 5.80. The van der Waals surface area contributed by atoms with Crippen molar-refractivity contribution in [1.29, 1.82) is 0 Å². The summed E-state index contributed by atoms with van der Waals surface area (Å²) in [5.41, 5.74) is 0.647. The number of thiophene rings is 1. The molecule has 3 rings (SSSR count). The van der Waals surface area contributed by atoms with Crippen molar-refractivity contribution in [3.8, 4) is 11.5 Å². The van der Waals surface area contributed by atoms with Crippen LogP contribution in [0.4, 0.5) is 8.78 Å². The number of alkyl halides is 2. The van der Waals surface area contributed by atoms with Crippen LogP contribution in [0, 0.1) is 13.8 Å². The van der Waals surface area contributed by atoms with Crippen molar-refractivity contribution in [2.24, 2.45) is 0 Å². The number of carbonyl (C=O) groups is 1. The number of fused-ring (bicyclic) bond motifs is 1. The fourth-order valence-electron chi connectivity index (χ4n) is 2.57. The van der Waals surface area contributed by atoms with E-state index in [4.69, 9.17) is 9.47 Å². The van der Waals surface area contributed by atoms with Gasteiger partial charge in [0.1, 0.15) is 17.3 Å². The number of hydrogen-bond acceptors (Lipinski definition) is 7. The molecule has 0 amide bonds. The molecule has 0 aliphatic heterocycles. The van der Waals surface area contributed by atoms with Gasteiger partial charge < -0.3 is 19.2 Å². The fraction of sp³-hybridized carbons (Fsp3) is 0.278. The van der Waals surface area contributed by atoms with Gasteiger partial charge in [-0.3, -0.25) is 4.79 Å². The molecule has 1 aromatic carbocycles. The van der Waals surface area contributed by atoms with E-state index in [9.17, 15) is 18.4 Å². The van der Waals surface area contributed by atoms with Gasteiger partial charge in [-0.1, -0.05) is 0 Å². The van der Waals surface area contributed by atoms with Gasteiger partial charge >= 0.3 is 12.6 Å². The molecule has 2 heterocycles. The van der Waals surface area contributed by atoms with Crippen molar-refractivity contribution >= 4 is 27.5 Å². The maximum Gasteiger partial charge on any atom is 0.387 e. The summed E-state index contributed by atoms with van der Waals surface area (Å²) in [5.74, 6) is -0.763. The minimum Gasteiger partial charge on any atom is -0.493 e. The molecule has 10 heteroatoms. The number of hydrogen-bond donors (Lipinski definition) is 1. The molecule has 0 fully saturated rings. The van der Waals surface area contributed by atoms with Crippen LogP contribution in [0.1, 0.15) is 26.6 Å². The van der Waals surface area contributed by atoms with E-state index in [1.54, 1.807) is 0 Å². The molecule has 0 aliphatic rings. The van der Waals surface area contributed by atoms with Crippen LogP contribution in [-0.4, -0.2) is 29.7 Å². The summed E-state index contributed by atoms with van der Waals surface area (Å²) in [6, 6.07) is 3.68. The molecule has 0 unspecified atom stereocenters. The smallest absolute Gasteiger partial charge is 0.387 e. The molecule has 0 saturated carbocycles. The molecule has 0 bridgehead atoms. The minimum absolute atomic E-state index is 0.0350. The highest BCUT2D eigenvalue weighted by atomic mass is 32.1. The van der Waals surface area contributed by atoms with E-state index in [0.717, 1.165) is 10.4 Å². The summed E-state index contributed by atoms with van der Waals surface area (Å²) in [6.45, 7) is 0.473. The van der Waals surface area contributed by atoms with Crippen molar-refractivity contribution in [1.82, 2.24) is 9.97 Å². The zero-order valence-electron chi connectivity index (χ0n) is 15.2. The predicted molar refractivity (Wildman–Crippen MR) is 98.5 cm³/mol. The van der Waals surface area contributed by atoms with Gasteiger partial charge in [0.05, 0.1) is 18.1 Å². The number of aromatic amines is 1. The van der Waals surface area contributed by atoms with E-state index < -0.39 is 12.6 Å². The number of nitrogens with one attached hydrogen (secondary N) is 1. The van der Waals surface area contributed by atoms with Gasteiger partial charge in [-0.25, -0.2) is 9.78 Å². The molecule has 0 radical (unpaired) electrons. The van der Waals surface area contributed by atoms with Gasteiger partial charge in [0.15, 0.2) is 11.5 Å². The average Bonchev–Trinajstić information content (AvgIpc) is 2.93. The highest BCUT2D eigenvalue weighted by molar-refractivity contribution is 7.18. The third-order valence-corrected chi connectivity index (χ3v) is 5.14. The Labute approximate surface area is 161 Å². The van der Waals surface area contributed by atoms with Crippen LogP contribution in [0.3, 0.4) is 0 Å². The normalized spacial score (nSPS) is 11.1. The number of rotatable bonds is 6. The molecule has 2 aromatic heterocycles. The monoisotopic (exact) mass is 410 g/mol. The standard InChI is InChI=1S/C18H16F2N2O5S/c1-8-9(2)28-16-14(8)15(23)21-13(22-16)7-26-17(24)10-4-5-11(27-18(19)20)12(6-10)25-3/h4-6,18H,7H2,1-3H3,(H,21,22,23). The van der Waals surface area contributed by atoms with E-state index in [2.05, 4.69) is 14.7 Å². The van der Waals surface area contributed by atoms with Crippen LogP contribution < -0.4 is 15.0 Å². The second-order valence-corrected chi connectivity index (χ2v) is 7.00. The molecule has 0 atom stereocenters. The first-order valence-electron chi connectivity index (χ1n) is 8.09. The Bertz CT molecular complexity index is 1090. The van der Waals surface area contributed by atoms with Crippen LogP contribution in [-0.2, 0) is 11.3 Å². The number of aryl methyl sites for hydroxylation is 2. The third-order valence-electron chi connectivity index (χ3n) is 4.04. The Kier molecular flexibility index (Phi) is 5.59. The van der Waals surface area contributed by atoms with Gasteiger partial charge in [0, 0.05) is 4.88 Å². The van der Waals surface area contributed by atoms with Gasteiger partial charge in [-0.15, -0.1) is 11.3 Å². The van der Waals surface area contributed by atoms with E-state index in [1.165, 1.54) is 36.6 Å². The summed E-state index contributed by atoms with van der Waals surface area (Å²) < 4.78 is 39.2. The summed E-state index contributed by atoms with van der Waals surface area (Å²) in [5, 5.41) is 0.525. The van der Waals surface area contributed by atoms with Crippen molar-refractivity contribution in [3.05, 3.63) is 50.4 Å². The van der Waals surface area contributed by atoms with Crippen LogP contribution in [0.15, 0.2) is 23.0 Å². The molecule has 0 saturated heterocycles. The Balaban J connectivity index is 1.77.